The quantitative estimate of drug-likeness (QED) is 0.107. The smallest absolute Gasteiger partial charge is 0.0298 e. The molecule has 16 aliphatic rings. The lowest BCUT2D eigenvalue weighted by Gasteiger charge is -2.71. The van der Waals surface area contributed by atoms with Crippen molar-refractivity contribution in [1.82, 2.24) is 0 Å². The molecule has 0 aromatic heterocycles. The zero-order chi connectivity index (χ0) is 96.3. The van der Waals surface area contributed by atoms with E-state index in [1.807, 2.05) is 52.5 Å². The predicted molar refractivity (Wildman–Crippen MR) is 629 cm³/mol. The molecule has 0 spiro atoms. The van der Waals surface area contributed by atoms with Crippen LogP contribution in [0.3, 0.4) is 0 Å². The third-order valence-corrected chi connectivity index (χ3v) is 36.0. The molecule has 16 saturated carbocycles. The molecule has 12 aromatic carbocycles. The van der Waals surface area contributed by atoms with E-state index in [1.165, 1.54) is 154 Å². The van der Waals surface area contributed by atoms with Gasteiger partial charge in [-0.25, -0.2) is 0 Å². The van der Waals surface area contributed by atoms with Crippen LogP contribution in [-0.4, -0.2) is 69.8 Å². The van der Waals surface area contributed by atoms with Gasteiger partial charge in [0.15, 0.2) is 0 Å². The van der Waals surface area contributed by atoms with E-state index in [0.717, 1.165) is 0 Å². The standard InChI is InChI=1S/3C34H32.C10H12Br4.9CH3Br/c3*1-5-13-27(14-6-1)31-21-32(28-15-7-2-8-16-28)24-33(22-31,29-17-9-3-10-18-29)26-34(23-31,25-32)30-19-11-4-12-20-30;11-7-1-8(12)4-9(13,2-7)6-10(14,3-7)5-8;9*1-2/h3*1-20H,21-26H2;1-6H2;9*1H3. The van der Waals surface area contributed by atoms with Gasteiger partial charge in [-0.15, -0.1) is 0 Å². The first kappa shape index (κ1) is 110. The molecule has 0 heterocycles. The molecule has 710 valence electrons. The van der Waals surface area contributed by atoms with Crippen molar-refractivity contribution < 1.29 is 0 Å². The lowest BCUT2D eigenvalue weighted by molar-refractivity contribution is -0.0694. The molecule has 0 nitrogen and oxygen atoms in total. The van der Waals surface area contributed by atoms with E-state index in [4.69, 9.17) is 0 Å². The van der Waals surface area contributed by atoms with Crippen LogP contribution in [0.25, 0.3) is 0 Å². The maximum atomic E-state index is 3.97. The van der Waals surface area contributed by atoms with Crippen LogP contribution >= 0.6 is 207 Å². The first-order valence-electron chi connectivity index (χ1n) is 47.1. The molecule has 0 saturated heterocycles. The second-order valence-corrected chi connectivity index (χ2v) is 47.3. The van der Waals surface area contributed by atoms with Crippen molar-refractivity contribution in [2.45, 2.75) is 236 Å². The van der Waals surface area contributed by atoms with Gasteiger partial charge in [-0.05, 0) is 338 Å². The molecule has 13 heteroatoms. The average molecular weight is 2630 g/mol. The summed E-state index contributed by atoms with van der Waals surface area (Å²) in [7, 11) is 0. The lowest BCUT2D eigenvalue weighted by atomic mass is 9.32. The Morgan fingerprint density at radius 1 is 0.104 bits per heavy atom. The zero-order valence-electron chi connectivity index (χ0n) is 79.5. The van der Waals surface area contributed by atoms with Gasteiger partial charge in [-0.1, -0.05) is 571 Å². The number of halogens is 13. The largest absolute Gasteiger partial charge is 0.0966 e. The summed E-state index contributed by atoms with van der Waals surface area (Å²) in [4.78, 5) is 0. The van der Waals surface area contributed by atoms with Crippen molar-refractivity contribution in [3.05, 3.63) is 431 Å². The van der Waals surface area contributed by atoms with Gasteiger partial charge in [-0.2, -0.15) is 0 Å². The van der Waals surface area contributed by atoms with Crippen LogP contribution in [0, 0.1) is 0 Å². The Kier molecular flexibility index (Phi) is 39.0. The minimum Gasteiger partial charge on any atom is -0.0966 e. The summed E-state index contributed by atoms with van der Waals surface area (Å²) >= 11 is 42.3. The first-order valence-corrected chi connectivity index (χ1v) is 64.5. The van der Waals surface area contributed by atoms with E-state index in [1.54, 1.807) is 66.8 Å². The van der Waals surface area contributed by atoms with E-state index in [9.17, 15) is 0 Å². The van der Waals surface area contributed by atoms with E-state index < -0.39 is 0 Å². The van der Waals surface area contributed by atoms with Gasteiger partial charge < -0.3 is 0 Å². The molecule has 12 aromatic rings. The fraction of sp³-hybridized carbons (Fsp3) is 0.405. The maximum absolute atomic E-state index is 3.97. The molecule has 0 unspecified atom stereocenters. The highest BCUT2D eigenvalue weighted by Gasteiger charge is 2.74. The van der Waals surface area contributed by atoms with Crippen molar-refractivity contribution >= 4 is 207 Å². The SMILES string of the molecule is BrC12CC3(Br)CC(Br)(C1)CC(Br)(C2)C3.CBr.CBr.CBr.CBr.CBr.CBr.CBr.CBr.CBr.c1ccc(C23CC4(c5ccccc5)CC(c5ccccc5)(C2)CC(c2ccccc2)(C3)C4)cc1.c1ccc(C23CC4(c5ccccc5)CC(c5ccccc5)(C2)CC(c2ccccc2)(C3)C4)cc1.c1ccc(C23CC4(c5ccccc5)CC(c5ccccc5)(C2)CC(c2ccccc2)(C3)C4)cc1. The van der Waals surface area contributed by atoms with E-state index in [2.05, 4.69) is 571 Å². The third-order valence-electron chi connectivity index (χ3n) is 32.6. The lowest BCUT2D eigenvalue weighted by Crippen LogP contribution is -2.67. The minimum atomic E-state index is 0.192. The van der Waals surface area contributed by atoms with Crippen LogP contribution in [-0.2, 0) is 65.0 Å². The number of alkyl halides is 13. The van der Waals surface area contributed by atoms with Crippen molar-refractivity contribution in [3.8, 4) is 0 Å². The Bertz CT molecular complexity index is 4180. The summed E-state index contributed by atoms with van der Waals surface area (Å²) in [6.07, 6.45) is 30.4. The van der Waals surface area contributed by atoms with Gasteiger partial charge in [0.05, 0.1) is 0 Å². The van der Waals surface area contributed by atoms with Gasteiger partial charge in [0, 0.05) is 17.3 Å². The van der Waals surface area contributed by atoms with Crippen molar-refractivity contribution in [1.29, 1.82) is 0 Å². The average Bonchev–Trinajstić information content (AvgIpc) is 0.673. The van der Waals surface area contributed by atoms with Crippen molar-refractivity contribution in [2.24, 2.45) is 0 Å². The molecule has 0 atom stereocenters. The Morgan fingerprint density at radius 2 is 0.164 bits per heavy atom. The fourth-order valence-electron chi connectivity index (χ4n) is 31.2. The van der Waals surface area contributed by atoms with Gasteiger partial charge in [0.25, 0.3) is 0 Å². The molecular weight excluding hydrogens is 2490 g/mol. The van der Waals surface area contributed by atoms with Crippen molar-refractivity contribution in [3.63, 3.8) is 0 Å². The second-order valence-electron chi connectivity index (χ2n) is 40.6. The molecule has 0 N–H and O–H groups in total. The molecule has 0 aliphatic heterocycles. The first-order chi connectivity index (χ1) is 65.2. The fourth-order valence-corrected chi connectivity index (χ4v) is 39.9. The summed E-state index contributed by atoms with van der Waals surface area (Å²) in [6.45, 7) is 0. The summed E-state index contributed by atoms with van der Waals surface area (Å²) in [5.74, 6) is 16.3. The molecule has 16 bridgehead atoms. The summed E-state index contributed by atoms with van der Waals surface area (Å²) < 4.78 is 1.44. The number of hydrogen-bond acceptors (Lipinski definition) is 0. The predicted octanol–water partition coefficient (Wildman–Crippen LogP) is 38.4. The molecule has 16 fully saturated rings. The zero-order valence-corrected chi connectivity index (χ0v) is 100. The molecule has 16 aliphatic carbocycles. The van der Waals surface area contributed by atoms with E-state index in [-0.39, 0.29) is 65.0 Å². The second kappa shape index (κ2) is 47.6. The van der Waals surface area contributed by atoms with Gasteiger partial charge >= 0.3 is 0 Å². The monoisotopic (exact) mass is 2610 g/mol. The molecule has 0 radical (unpaired) electrons. The summed E-state index contributed by atoms with van der Waals surface area (Å²) in [5, 5.41) is 0. The van der Waals surface area contributed by atoms with Gasteiger partial charge in [-0.3, -0.25) is 0 Å². The molecular formula is C121H135Br13. The summed E-state index contributed by atoms with van der Waals surface area (Å²) in [5.41, 5.74) is 20.9. The van der Waals surface area contributed by atoms with Gasteiger partial charge in [0.2, 0.25) is 0 Å². The Hall–Kier alpha value is -3.12. The highest BCUT2D eigenvalue weighted by molar-refractivity contribution is 9.12. The number of rotatable bonds is 12. The number of hydrogen-bond donors (Lipinski definition) is 0. The highest BCUT2D eigenvalue weighted by Crippen LogP contribution is 2.79. The van der Waals surface area contributed by atoms with Crippen LogP contribution in [0.2, 0.25) is 0 Å². The normalized spacial score (nSPS) is 32.9. The van der Waals surface area contributed by atoms with E-state index in [0.29, 0.717) is 17.3 Å². The number of benzene rings is 12. The maximum Gasteiger partial charge on any atom is 0.0298 e. The molecule has 134 heavy (non-hydrogen) atoms. The van der Waals surface area contributed by atoms with Crippen LogP contribution in [0.4, 0.5) is 0 Å². The third kappa shape index (κ3) is 22.1. The minimum absolute atomic E-state index is 0.192. The Balaban J connectivity index is 0.000000156. The highest BCUT2D eigenvalue weighted by atomic mass is 79.9. The van der Waals surface area contributed by atoms with Crippen LogP contribution < -0.4 is 0 Å². The summed E-state index contributed by atoms with van der Waals surface area (Å²) in [6, 6.07) is 138. The van der Waals surface area contributed by atoms with E-state index >= 15 is 0 Å². The molecule has 28 rings (SSSR count). The Morgan fingerprint density at radius 3 is 0.224 bits per heavy atom. The van der Waals surface area contributed by atoms with Crippen LogP contribution in [0.5, 0.6) is 0 Å². The van der Waals surface area contributed by atoms with Crippen LogP contribution in [0.15, 0.2) is 364 Å². The van der Waals surface area contributed by atoms with Crippen molar-refractivity contribution in [2.75, 3.05) is 52.5 Å². The topological polar surface area (TPSA) is 0 Å². The Labute approximate surface area is 915 Å². The van der Waals surface area contributed by atoms with Gasteiger partial charge in [0.1, 0.15) is 0 Å². The molecule has 0 amide bonds. The van der Waals surface area contributed by atoms with Crippen LogP contribution in [0.1, 0.15) is 221 Å².